The van der Waals surface area contributed by atoms with Crippen LogP contribution in [0, 0.1) is 0 Å². The van der Waals surface area contributed by atoms with Gasteiger partial charge in [0, 0.05) is 17.1 Å². The second kappa shape index (κ2) is 21.2. The van der Waals surface area contributed by atoms with Crippen LogP contribution in [0.1, 0.15) is 0 Å². The van der Waals surface area contributed by atoms with Crippen LogP contribution in [0.4, 0.5) is 0 Å². The maximum atomic E-state index is 8.18. The minimum absolute atomic E-state index is 0. The van der Waals surface area contributed by atoms with E-state index < -0.39 is 0 Å². The molecule has 4 heteroatoms. The van der Waals surface area contributed by atoms with Gasteiger partial charge in [-0.25, -0.2) is 0 Å². The number of hydrogen-bond donors (Lipinski definition) is 0. The third-order valence-corrected chi connectivity index (χ3v) is 0. The molecular weight excluding hydrogens is 382 g/mol. The molecule has 0 unspecified atom stereocenters. The van der Waals surface area contributed by atoms with Gasteiger partial charge in [-0.1, -0.05) is 0 Å². The average Bonchev–Trinajstić information content (AvgIpc) is 1.00. The van der Waals surface area contributed by atoms with Crippen molar-refractivity contribution < 1.29 is 38.9 Å². The molecule has 0 bridgehead atoms. The van der Waals surface area contributed by atoms with Gasteiger partial charge in [0.2, 0.25) is 0 Å². The zero-order chi connectivity index (χ0) is 2.00. The Balaban J connectivity index is -0.00000000500. The molecule has 0 saturated heterocycles. The van der Waals surface area contributed by atoms with Gasteiger partial charge in [0.1, 0.15) is 0 Å². The first-order valence-corrected chi connectivity index (χ1v) is 0.854. The summed E-state index contributed by atoms with van der Waals surface area (Å²) >= 11 is 1.10. The van der Waals surface area contributed by atoms with Crippen LogP contribution >= 0.6 is 0 Å². The fourth-order valence-electron chi connectivity index (χ4n) is 0. The Morgan fingerprint density at radius 3 is 1.25 bits per heavy atom. The molecule has 0 aromatic carbocycles. The van der Waals surface area contributed by atoms with Crippen molar-refractivity contribution in [2.75, 3.05) is 0 Å². The van der Waals surface area contributed by atoms with E-state index in [-0.39, 0.29) is 43.3 Å². The Bertz CT molecular complexity index is 8.00. The van der Waals surface area contributed by atoms with Gasteiger partial charge in [0.15, 0.2) is 0 Å². The Labute approximate surface area is 64.4 Å². The zero-order valence-electron chi connectivity index (χ0n) is 1.82. The molecule has 0 heterocycles. The molecule has 0 aliphatic heterocycles. The van der Waals surface area contributed by atoms with E-state index in [1.165, 1.54) is 0 Å². The van der Waals surface area contributed by atoms with Gasteiger partial charge in [-0.05, 0) is 0 Å². The summed E-state index contributed by atoms with van der Waals surface area (Å²) in [6.07, 6.45) is 0. The standard InChI is InChI=1S/Bi.Fe.O.Ru.3H. The normalized spacial score (nSPS) is 1.25. The van der Waals surface area contributed by atoms with E-state index in [2.05, 4.69) is 0 Å². The molecule has 0 aromatic rings. The van der Waals surface area contributed by atoms with Crippen molar-refractivity contribution in [1.82, 2.24) is 0 Å². The molecule has 0 rings (SSSR count). The molecule has 0 saturated carbocycles. The summed E-state index contributed by atoms with van der Waals surface area (Å²) < 4.78 is 8.18. The Morgan fingerprint density at radius 2 is 1.25 bits per heavy atom. The van der Waals surface area contributed by atoms with Gasteiger partial charge in [-0.15, -0.1) is 0 Å². The maximum absolute atomic E-state index is 8.18. The summed E-state index contributed by atoms with van der Waals surface area (Å²) in [4.78, 5) is 0. The van der Waals surface area contributed by atoms with Crippen molar-refractivity contribution in [3.63, 3.8) is 0 Å². The van der Waals surface area contributed by atoms with Crippen LogP contribution in [0.5, 0.6) is 0 Å². The van der Waals surface area contributed by atoms with Crippen LogP contribution in [0.25, 0.3) is 0 Å². The van der Waals surface area contributed by atoms with Gasteiger partial charge >= 0.3 is 48.0 Å². The van der Waals surface area contributed by atoms with E-state index in [0.717, 1.165) is 18.3 Å². The first-order valence-electron chi connectivity index (χ1n) is 0.144. The first kappa shape index (κ1) is 17.0. The predicted molar refractivity (Wildman–Crippen MR) is 10.6 cm³/mol. The second-order valence-electron chi connectivity index (χ2n) is 0. The molecular formula is H3BiFeORu. The Hall–Kier alpha value is 1.83. The predicted octanol–water partition coefficient (Wildman–Crippen LogP) is -1.31. The van der Waals surface area contributed by atoms with Crippen molar-refractivity contribution >= 4 is 26.2 Å². The van der Waals surface area contributed by atoms with Crippen molar-refractivity contribution in [3.8, 4) is 0 Å². The van der Waals surface area contributed by atoms with Crippen molar-refractivity contribution in [3.05, 3.63) is 0 Å². The molecule has 0 amide bonds. The summed E-state index contributed by atoms with van der Waals surface area (Å²) in [5.74, 6) is 0. The molecule has 4 heavy (non-hydrogen) atoms. The van der Waals surface area contributed by atoms with E-state index >= 15 is 0 Å². The van der Waals surface area contributed by atoms with Gasteiger partial charge in [0.05, 0.1) is 0 Å². The number of rotatable bonds is 0. The SMILES string of the molecule is [BiH3].[Fe].[O]=[Ru]. The van der Waals surface area contributed by atoms with Crippen LogP contribution in [0.3, 0.4) is 0 Å². The molecule has 30 valence electrons. The van der Waals surface area contributed by atoms with E-state index in [1.54, 1.807) is 0 Å². The molecule has 1 nitrogen and oxygen atoms in total. The minimum atomic E-state index is 0. The molecule has 0 aliphatic carbocycles. The van der Waals surface area contributed by atoms with Gasteiger partial charge in [-0.3, -0.25) is 0 Å². The van der Waals surface area contributed by atoms with Crippen LogP contribution in [0.2, 0.25) is 0 Å². The molecule has 0 atom stereocenters. The molecule has 0 spiro atoms. The Morgan fingerprint density at radius 1 is 1.25 bits per heavy atom. The summed E-state index contributed by atoms with van der Waals surface area (Å²) in [5, 5.41) is 0. The van der Waals surface area contributed by atoms with Crippen LogP contribution in [0.15, 0.2) is 0 Å². The van der Waals surface area contributed by atoms with E-state index in [0.29, 0.717) is 0 Å². The third kappa shape index (κ3) is 9.16. The fraction of sp³-hybridized carbons (Fsp3) is 0. The summed E-state index contributed by atoms with van der Waals surface area (Å²) in [5.41, 5.74) is 0. The summed E-state index contributed by atoms with van der Waals surface area (Å²) in [6, 6.07) is 0. The van der Waals surface area contributed by atoms with Crippen molar-refractivity contribution in [1.29, 1.82) is 0 Å². The third-order valence-electron chi connectivity index (χ3n) is 0. The first-order chi connectivity index (χ1) is 1.00. The molecule has 0 radical (unpaired) electrons. The van der Waals surface area contributed by atoms with E-state index in [9.17, 15) is 0 Å². The monoisotopic (exact) mass is 386 g/mol. The van der Waals surface area contributed by atoms with Crippen molar-refractivity contribution in [2.45, 2.75) is 0 Å². The molecule has 0 aromatic heterocycles. The van der Waals surface area contributed by atoms with Gasteiger partial charge < -0.3 is 0 Å². The molecule has 0 aliphatic rings. The second-order valence-corrected chi connectivity index (χ2v) is 0. The average molecular weight is 385 g/mol. The van der Waals surface area contributed by atoms with Crippen molar-refractivity contribution in [2.24, 2.45) is 0 Å². The molecule has 0 N–H and O–H groups in total. The quantitative estimate of drug-likeness (QED) is 0.474. The molecule has 0 fully saturated rings. The van der Waals surface area contributed by atoms with E-state index in [4.69, 9.17) is 3.57 Å². The number of hydrogen-bond acceptors (Lipinski definition) is 1. The van der Waals surface area contributed by atoms with E-state index in [1.807, 2.05) is 0 Å². The van der Waals surface area contributed by atoms with Crippen LogP contribution in [-0.4, -0.2) is 26.2 Å². The van der Waals surface area contributed by atoms with Crippen LogP contribution in [-0.2, 0) is 38.9 Å². The summed E-state index contributed by atoms with van der Waals surface area (Å²) in [6.45, 7) is 0. The zero-order valence-corrected chi connectivity index (χ0v) is 10.2. The Kier molecular flexibility index (Phi) is 90.0. The fourth-order valence-corrected chi connectivity index (χ4v) is 0. The van der Waals surface area contributed by atoms with Gasteiger partial charge in [-0.2, -0.15) is 0 Å². The topological polar surface area (TPSA) is 17.1 Å². The van der Waals surface area contributed by atoms with Crippen LogP contribution < -0.4 is 0 Å². The van der Waals surface area contributed by atoms with Gasteiger partial charge in [0.25, 0.3) is 0 Å². The summed E-state index contributed by atoms with van der Waals surface area (Å²) in [7, 11) is 0.